The van der Waals surface area contributed by atoms with Crippen molar-refractivity contribution < 1.29 is 28.5 Å². The fourth-order valence-corrected chi connectivity index (χ4v) is 3.28. The third kappa shape index (κ3) is 9.82. The Morgan fingerprint density at radius 1 is 0.972 bits per heavy atom. The van der Waals surface area contributed by atoms with Crippen molar-refractivity contribution in [1.29, 1.82) is 0 Å². The molecule has 0 aliphatic rings. The second-order valence-electron chi connectivity index (χ2n) is 7.57. The van der Waals surface area contributed by atoms with Crippen LogP contribution in [0.5, 0.6) is 5.75 Å². The smallest absolute Gasteiger partial charge is 0.338 e. The van der Waals surface area contributed by atoms with E-state index >= 15 is 0 Å². The highest BCUT2D eigenvalue weighted by Gasteiger charge is 2.19. The quantitative estimate of drug-likeness (QED) is 0.0503. The van der Waals surface area contributed by atoms with Crippen molar-refractivity contribution in [3.8, 4) is 5.75 Å². The Labute approximate surface area is 218 Å². The third-order valence-electron chi connectivity index (χ3n) is 4.95. The van der Waals surface area contributed by atoms with Gasteiger partial charge in [-0.2, -0.15) is 0 Å². The second-order valence-corrected chi connectivity index (χ2v) is 7.87. The topological polar surface area (TPSA) is 71.1 Å². The minimum atomic E-state index is -0.593. The lowest BCUT2D eigenvalue weighted by molar-refractivity contribution is -0.140. The van der Waals surface area contributed by atoms with Crippen molar-refractivity contribution in [3.05, 3.63) is 95.6 Å². The van der Waals surface area contributed by atoms with E-state index in [0.717, 1.165) is 11.3 Å². The standard InChI is InChI=1S/C29H33ClO6/c1-4-9-24(10-8-17-30)28(31)26-11-6-7-12-27(26)29(32)36-21-19-34-22(3)33-18-20-35-25-15-13-23(5-2)14-16-25/h5-16,22H,2,4,17-21H2,1,3H3/b10-8-,24-9+. The van der Waals surface area contributed by atoms with Crippen molar-refractivity contribution >= 4 is 29.4 Å². The van der Waals surface area contributed by atoms with E-state index in [0.29, 0.717) is 25.2 Å². The first-order chi connectivity index (χ1) is 17.5. The molecule has 0 spiro atoms. The van der Waals surface area contributed by atoms with Gasteiger partial charge < -0.3 is 18.9 Å². The molecule has 0 radical (unpaired) electrons. The molecule has 0 aliphatic carbocycles. The lowest BCUT2D eigenvalue weighted by Gasteiger charge is -2.15. The highest BCUT2D eigenvalue weighted by atomic mass is 35.5. The highest BCUT2D eigenvalue weighted by Crippen LogP contribution is 2.17. The average Bonchev–Trinajstić information content (AvgIpc) is 2.91. The van der Waals surface area contributed by atoms with Gasteiger partial charge in [0.1, 0.15) is 19.0 Å². The Balaban J connectivity index is 1.77. The first-order valence-electron chi connectivity index (χ1n) is 11.8. The van der Waals surface area contributed by atoms with Gasteiger partial charge >= 0.3 is 5.97 Å². The van der Waals surface area contributed by atoms with Crippen LogP contribution < -0.4 is 4.74 Å². The Hall–Kier alpha value is -3.19. The number of hydrogen-bond acceptors (Lipinski definition) is 6. The number of ether oxygens (including phenoxy) is 4. The molecule has 0 bridgehead atoms. The Kier molecular flexibility index (Phi) is 13.3. The number of ketones is 1. The van der Waals surface area contributed by atoms with E-state index < -0.39 is 12.3 Å². The number of carbonyl (C=O) groups is 2. The van der Waals surface area contributed by atoms with Crippen molar-refractivity contribution in [2.75, 3.05) is 32.3 Å². The Bertz CT molecular complexity index is 1040. The fourth-order valence-electron chi connectivity index (χ4n) is 3.19. The molecule has 6 nitrogen and oxygen atoms in total. The van der Waals surface area contributed by atoms with Gasteiger partial charge in [-0.15, -0.1) is 11.6 Å². The molecule has 0 aromatic heterocycles. The van der Waals surface area contributed by atoms with Gasteiger partial charge in [-0.1, -0.05) is 68.1 Å². The monoisotopic (exact) mass is 512 g/mol. The summed E-state index contributed by atoms with van der Waals surface area (Å²) in [5.74, 6) is 0.180. The number of rotatable bonds is 16. The van der Waals surface area contributed by atoms with Gasteiger partial charge in [-0.3, -0.25) is 4.79 Å². The van der Waals surface area contributed by atoms with E-state index in [1.165, 1.54) is 0 Å². The first kappa shape index (κ1) is 29.0. The van der Waals surface area contributed by atoms with Gasteiger partial charge in [0.15, 0.2) is 12.1 Å². The lowest BCUT2D eigenvalue weighted by atomic mass is 9.97. The van der Waals surface area contributed by atoms with E-state index in [-0.39, 0.29) is 36.0 Å². The molecule has 1 unspecified atom stereocenters. The predicted molar refractivity (Wildman–Crippen MR) is 143 cm³/mol. The molecule has 0 aliphatic heterocycles. The van der Waals surface area contributed by atoms with Gasteiger partial charge in [0, 0.05) is 17.0 Å². The Morgan fingerprint density at radius 2 is 1.64 bits per heavy atom. The van der Waals surface area contributed by atoms with Crippen LogP contribution in [0.1, 0.15) is 46.5 Å². The number of alkyl halides is 1. The molecular formula is C29H33ClO6. The molecule has 2 aromatic rings. The van der Waals surface area contributed by atoms with Crippen LogP contribution >= 0.6 is 11.6 Å². The summed E-state index contributed by atoms with van der Waals surface area (Å²) >= 11 is 5.71. The number of carbonyl (C=O) groups excluding carboxylic acids is 2. The molecule has 192 valence electrons. The summed E-state index contributed by atoms with van der Waals surface area (Å²) in [6, 6.07) is 14.2. The summed E-state index contributed by atoms with van der Waals surface area (Å²) < 4.78 is 22.1. The van der Waals surface area contributed by atoms with Crippen LogP contribution in [0.15, 0.2) is 78.9 Å². The maximum atomic E-state index is 13.0. The molecule has 7 heteroatoms. The molecular weight excluding hydrogens is 480 g/mol. The Morgan fingerprint density at radius 3 is 2.28 bits per heavy atom. The number of esters is 1. The van der Waals surface area contributed by atoms with E-state index in [1.807, 2.05) is 31.2 Å². The maximum Gasteiger partial charge on any atom is 0.338 e. The van der Waals surface area contributed by atoms with E-state index in [9.17, 15) is 9.59 Å². The van der Waals surface area contributed by atoms with E-state index in [2.05, 4.69) is 6.58 Å². The van der Waals surface area contributed by atoms with Crippen molar-refractivity contribution in [2.45, 2.75) is 26.6 Å². The zero-order chi connectivity index (χ0) is 26.2. The molecule has 0 fully saturated rings. The zero-order valence-electron chi connectivity index (χ0n) is 20.8. The molecule has 0 saturated heterocycles. The zero-order valence-corrected chi connectivity index (χ0v) is 21.5. The van der Waals surface area contributed by atoms with Crippen LogP contribution in [-0.2, 0) is 14.2 Å². The molecule has 1 atom stereocenters. The maximum absolute atomic E-state index is 13.0. The van der Waals surface area contributed by atoms with Crippen LogP contribution in [0.4, 0.5) is 0 Å². The molecule has 0 N–H and O–H groups in total. The number of halogens is 1. The van der Waals surface area contributed by atoms with Crippen molar-refractivity contribution in [3.63, 3.8) is 0 Å². The van der Waals surface area contributed by atoms with Gasteiger partial charge in [0.05, 0.1) is 18.8 Å². The van der Waals surface area contributed by atoms with Crippen molar-refractivity contribution in [1.82, 2.24) is 0 Å². The number of allylic oxidation sites excluding steroid dienone is 4. The molecule has 0 amide bonds. The minimum absolute atomic E-state index is 0.0189. The summed E-state index contributed by atoms with van der Waals surface area (Å²) in [5, 5.41) is 0. The molecule has 2 aromatic carbocycles. The summed E-state index contributed by atoms with van der Waals surface area (Å²) in [7, 11) is 0. The van der Waals surface area contributed by atoms with E-state index in [4.69, 9.17) is 30.5 Å². The normalized spacial score (nSPS) is 12.4. The minimum Gasteiger partial charge on any atom is -0.491 e. The van der Waals surface area contributed by atoms with Crippen LogP contribution in [0.3, 0.4) is 0 Å². The largest absolute Gasteiger partial charge is 0.491 e. The lowest BCUT2D eigenvalue weighted by Crippen LogP contribution is -2.21. The summed E-state index contributed by atoms with van der Waals surface area (Å²) in [4.78, 5) is 25.7. The first-order valence-corrected chi connectivity index (χ1v) is 12.4. The van der Waals surface area contributed by atoms with Gasteiger partial charge in [-0.25, -0.2) is 4.79 Å². The summed E-state index contributed by atoms with van der Waals surface area (Å²) in [6.07, 6.45) is 7.10. The van der Waals surface area contributed by atoms with Crippen molar-refractivity contribution in [2.24, 2.45) is 0 Å². The van der Waals surface area contributed by atoms with Gasteiger partial charge in [0.25, 0.3) is 0 Å². The molecule has 36 heavy (non-hydrogen) atoms. The SMILES string of the molecule is C=Cc1ccc(OCCOC(C)OCCOC(=O)c2ccccc2C(=O)C(/C=C\CCl)=C/CC)cc1. The summed E-state index contributed by atoms with van der Waals surface area (Å²) in [6.45, 7) is 8.28. The van der Waals surface area contributed by atoms with Crippen LogP contribution in [-0.4, -0.2) is 50.4 Å². The van der Waals surface area contributed by atoms with Gasteiger partial charge in [-0.05, 0) is 37.1 Å². The molecule has 2 rings (SSSR count). The summed E-state index contributed by atoms with van der Waals surface area (Å²) in [5.41, 5.74) is 1.98. The van der Waals surface area contributed by atoms with Crippen LogP contribution in [0.2, 0.25) is 0 Å². The number of Topliss-reactive ketones (excluding diaryl/α,β-unsaturated/α-hetero) is 1. The van der Waals surface area contributed by atoms with Crippen LogP contribution in [0.25, 0.3) is 6.08 Å². The van der Waals surface area contributed by atoms with Gasteiger partial charge in [0.2, 0.25) is 0 Å². The molecule has 0 heterocycles. The highest BCUT2D eigenvalue weighted by molar-refractivity contribution is 6.19. The third-order valence-corrected chi connectivity index (χ3v) is 5.13. The van der Waals surface area contributed by atoms with Crippen LogP contribution in [0, 0.1) is 0 Å². The number of benzene rings is 2. The number of hydrogen-bond donors (Lipinski definition) is 0. The average molecular weight is 513 g/mol. The fraction of sp³-hybridized carbons (Fsp3) is 0.310. The van der Waals surface area contributed by atoms with E-state index in [1.54, 1.807) is 55.5 Å². The molecule has 0 saturated carbocycles. The predicted octanol–water partition coefficient (Wildman–Crippen LogP) is 6.26. The second kappa shape index (κ2) is 16.5.